The molecule has 1 fully saturated rings. The van der Waals surface area contributed by atoms with Crippen molar-refractivity contribution in [2.24, 2.45) is 0 Å². The summed E-state index contributed by atoms with van der Waals surface area (Å²) in [4.78, 5) is 5.03. The van der Waals surface area contributed by atoms with Crippen LogP contribution in [-0.2, 0) is 0 Å². The van der Waals surface area contributed by atoms with E-state index < -0.39 is 0 Å². The Morgan fingerprint density at radius 3 is 2.43 bits per heavy atom. The highest BCUT2D eigenvalue weighted by Gasteiger charge is 2.28. The van der Waals surface area contributed by atoms with Crippen LogP contribution in [0.1, 0.15) is 25.5 Å². The summed E-state index contributed by atoms with van der Waals surface area (Å²) in [5.41, 5.74) is 1.32. The van der Waals surface area contributed by atoms with Crippen LogP contribution in [0.3, 0.4) is 0 Å². The van der Waals surface area contributed by atoms with Gasteiger partial charge in [0, 0.05) is 37.8 Å². The Bertz CT molecular complexity index is 434. The van der Waals surface area contributed by atoms with Gasteiger partial charge in [0.1, 0.15) is 5.75 Å². The van der Waals surface area contributed by atoms with Crippen LogP contribution >= 0.6 is 0 Å². The van der Waals surface area contributed by atoms with E-state index in [2.05, 4.69) is 48.1 Å². The molecule has 2 rings (SSSR count). The maximum absolute atomic E-state index is 5.25. The third kappa shape index (κ3) is 3.76. The minimum atomic E-state index is 0.339. The highest BCUT2D eigenvalue weighted by atomic mass is 16.5. The summed E-state index contributed by atoms with van der Waals surface area (Å²) in [5, 5.41) is 3.48. The Balaban J connectivity index is 2.08. The van der Waals surface area contributed by atoms with Crippen molar-refractivity contribution in [2.75, 3.05) is 40.8 Å². The van der Waals surface area contributed by atoms with Gasteiger partial charge < -0.3 is 15.0 Å². The lowest BCUT2D eigenvalue weighted by Crippen LogP contribution is -2.55. The van der Waals surface area contributed by atoms with Crippen molar-refractivity contribution >= 4 is 0 Å². The van der Waals surface area contributed by atoms with Crippen LogP contribution in [0.15, 0.2) is 24.3 Å². The number of benzene rings is 1. The van der Waals surface area contributed by atoms with Crippen LogP contribution < -0.4 is 10.1 Å². The monoisotopic (exact) mass is 291 g/mol. The van der Waals surface area contributed by atoms with E-state index in [4.69, 9.17) is 4.74 Å². The largest absolute Gasteiger partial charge is 0.497 e. The van der Waals surface area contributed by atoms with Crippen LogP contribution in [0.2, 0.25) is 0 Å². The quantitative estimate of drug-likeness (QED) is 0.898. The Kier molecular flexibility index (Phi) is 5.62. The first-order valence-electron chi connectivity index (χ1n) is 7.82. The molecule has 4 nitrogen and oxygen atoms in total. The van der Waals surface area contributed by atoms with Crippen molar-refractivity contribution in [3.63, 3.8) is 0 Å². The number of piperazine rings is 1. The summed E-state index contributed by atoms with van der Waals surface area (Å²) in [6.45, 7) is 8.04. The smallest absolute Gasteiger partial charge is 0.118 e. The summed E-state index contributed by atoms with van der Waals surface area (Å²) >= 11 is 0. The summed E-state index contributed by atoms with van der Waals surface area (Å²) < 4.78 is 5.25. The van der Waals surface area contributed by atoms with E-state index in [0.717, 1.165) is 25.4 Å². The number of hydrogen-bond donors (Lipinski definition) is 1. The number of likely N-dealkylation sites (N-methyl/N-ethyl adjacent to an activating group) is 2. The number of ether oxygens (including phenoxy) is 1. The van der Waals surface area contributed by atoms with E-state index in [0.29, 0.717) is 18.1 Å². The van der Waals surface area contributed by atoms with Crippen molar-refractivity contribution < 1.29 is 4.74 Å². The van der Waals surface area contributed by atoms with Gasteiger partial charge in [0.25, 0.3) is 0 Å². The molecule has 0 aliphatic carbocycles. The minimum Gasteiger partial charge on any atom is -0.497 e. The molecule has 0 amide bonds. The molecule has 1 N–H and O–H groups in total. The predicted octanol–water partition coefficient (Wildman–Crippen LogP) is 1.98. The average molecular weight is 291 g/mol. The minimum absolute atomic E-state index is 0.339. The van der Waals surface area contributed by atoms with Gasteiger partial charge >= 0.3 is 0 Å². The zero-order chi connectivity index (χ0) is 15.4. The third-order valence-corrected chi connectivity index (χ3v) is 4.84. The molecular weight excluding hydrogens is 262 g/mol. The van der Waals surface area contributed by atoms with Gasteiger partial charge in [0.2, 0.25) is 0 Å². The molecule has 1 aromatic carbocycles. The zero-order valence-electron chi connectivity index (χ0n) is 14.0. The van der Waals surface area contributed by atoms with E-state index in [1.807, 2.05) is 19.2 Å². The molecule has 21 heavy (non-hydrogen) atoms. The maximum atomic E-state index is 5.25. The highest BCUT2D eigenvalue weighted by Crippen LogP contribution is 2.24. The fraction of sp³-hybridized carbons (Fsp3) is 0.647. The van der Waals surface area contributed by atoms with Crippen molar-refractivity contribution in [1.29, 1.82) is 0 Å². The molecule has 0 radical (unpaired) electrons. The van der Waals surface area contributed by atoms with Crippen molar-refractivity contribution in [3.05, 3.63) is 29.8 Å². The van der Waals surface area contributed by atoms with E-state index in [-0.39, 0.29) is 0 Å². The number of hydrogen-bond acceptors (Lipinski definition) is 4. The SMILES string of the molecule is CNC(c1ccc(OC)cc1)C(C)N1CCN(C)C(C)C1. The molecular formula is C17H29N3O. The molecule has 1 heterocycles. The average Bonchev–Trinajstić information content (AvgIpc) is 2.51. The Morgan fingerprint density at radius 1 is 1.24 bits per heavy atom. The lowest BCUT2D eigenvalue weighted by Gasteiger charge is -2.43. The first-order chi connectivity index (χ1) is 10.1. The second-order valence-electron chi connectivity index (χ2n) is 6.10. The van der Waals surface area contributed by atoms with Gasteiger partial charge in [-0.2, -0.15) is 0 Å². The van der Waals surface area contributed by atoms with Crippen molar-refractivity contribution in [3.8, 4) is 5.75 Å². The molecule has 0 aromatic heterocycles. The molecule has 0 bridgehead atoms. The molecule has 0 spiro atoms. The third-order valence-electron chi connectivity index (χ3n) is 4.84. The van der Waals surface area contributed by atoms with E-state index in [1.54, 1.807) is 7.11 Å². The van der Waals surface area contributed by atoms with Crippen LogP contribution in [0.4, 0.5) is 0 Å². The maximum Gasteiger partial charge on any atom is 0.118 e. The molecule has 3 atom stereocenters. The lowest BCUT2D eigenvalue weighted by molar-refractivity contribution is 0.0644. The number of methoxy groups -OCH3 is 1. The molecule has 0 saturated carbocycles. The van der Waals surface area contributed by atoms with Gasteiger partial charge in [-0.3, -0.25) is 4.90 Å². The van der Waals surface area contributed by atoms with Gasteiger partial charge in [0.05, 0.1) is 7.11 Å². The number of rotatable bonds is 5. The first kappa shape index (κ1) is 16.3. The summed E-state index contributed by atoms with van der Waals surface area (Å²) in [6.07, 6.45) is 0. The van der Waals surface area contributed by atoms with E-state index in [1.165, 1.54) is 5.56 Å². The molecule has 4 heteroatoms. The van der Waals surface area contributed by atoms with Crippen LogP contribution in [-0.4, -0.2) is 62.7 Å². The fourth-order valence-electron chi connectivity index (χ4n) is 3.15. The standard InChI is InChI=1S/C17H29N3O/c1-13-12-20(11-10-19(13)4)14(2)17(18-3)15-6-8-16(21-5)9-7-15/h6-9,13-14,17-18H,10-12H2,1-5H3. The fourth-order valence-corrected chi connectivity index (χ4v) is 3.15. The zero-order valence-corrected chi connectivity index (χ0v) is 14.0. The first-order valence-corrected chi connectivity index (χ1v) is 7.82. The Morgan fingerprint density at radius 2 is 1.90 bits per heavy atom. The van der Waals surface area contributed by atoms with Gasteiger partial charge in [-0.1, -0.05) is 12.1 Å². The van der Waals surface area contributed by atoms with Crippen molar-refractivity contribution in [2.45, 2.75) is 32.0 Å². The normalized spacial score (nSPS) is 23.8. The highest BCUT2D eigenvalue weighted by molar-refractivity contribution is 5.29. The molecule has 1 aromatic rings. The molecule has 1 saturated heterocycles. The van der Waals surface area contributed by atoms with Gasteiger partial charge in [-0.05, 0) is 45.6 Å². The van der Waals surface area contributed by atoms with Crippen LogP contribution in [0, 0.1) is 0 Å². The second-order valence-corrected chi connectivity index (χ2v) is 6.10. The Hall–Kier alpha value is -1.10. The summed E-state index contributed by atoms with van der Waals surface area (Å²) in [5.74, 6) is 0.912. The number of nitrogens with zero attached hydrogens (tertiary/aromatic N) is 2. The molecule has 3 unspecified atom stereocenters. The van der Waals surface area contributed by atoms with Gasteiger partial charge in [0.15, 0.2) is 0 Å². The van der Waals surface area contributed by atoms with E-state index >= 15 is 0 Å². The number of nitrogens with one attached hydrogen (secondary N) is 1. The van der Waals surface area contributed by atoms with Crippen LogP contribution in [0.25, 0.3) is 0 Å². The lowest BCUT2D eigenvalue weighted by atomic mass is 9.98. The topological polar surface area (TPSA) is 27.7 Å². The van der Waals surface area contributed by atoms with Gasteiger partial charge in [-0.25, -0.2) is 0 Å². The second kappa shape index (κ2) is 7.25. The van der Waals surface area contributed by atoms with Crippen LogP contribution in [0.5, 0.6) is 5.75 Å². The molecule has 1 aliphatic rings. The predicted molar refractivity (Wildman–Crippen MR) is 87.9 cm³/mol. The van der Waals surface area contributed by atoms with Crippen molar-refractivity contribution in [1.82, 2.24) is 15.1 Å². The summed E-state index contributed by atoms with van der Waals surface area (Å²) in [6, 6.07) is 9.84. The molecule has 118 valence electrons. The summed E-state index contributed by atoms with van der Waals surface area (Å²) in [7, 11) is 5.97. The van der Waals surface area contributed by atoms with Gasteiger partial charge in [-0.15, -0.1) is 0 Å². The molecule has 1 aliphatic heterocycles. The Labute approximate surface area is 129 Å². The van der Waals surface area contributed by atoms with E-state index in [9.17, 15) is 0 Å².